The third kappa shape index (κ3) is 2.52. The Labute approximate surface area is 128 Å². The highest BCUT2D eigenvalue weighted by atomic mass is 19.1. The summed E-state index contributed by atoms with van der Waals surface area (Å²) in [4.78, 5) is 17.3. The molecule has 4 nitrogen and oxygen atoms in total. The van der Waals surface area contributed by atoms with E-state index >= 15 is 0 Å². The molecular weight excluding hydrogens is 283 g/mol. The first-order valence-corrected chi connectivity index (χ1v) is 7.47. The van der Waals surface area contributed by atoms with E-state index in [1.807, 2.05) is 6.92 Å². The number of β-amino-alcohol motifs (C(OH)–C–C–N with tert-alkyl or cyclic N) is 1. The number of aromatic nitrogens is 1. The first-order valence-electron chi connectivity index (χ1n) is 7.47. The molecule has 1 saturated heterocycles. The van der Waals surface area contributed by atoms with Gasteiger partial charge in [0.25, 0.3) is 5.91 Å². The number of benzene rings is 1. The Bertz CT molecular complexity index is 680. The van der Waals surface area contributed by atoms with Gasteiger partial charge in [-0.3, -0.25) is 4.79 Å². The van der Waals surface area contributed by atoms with Crippen molar-refractivity contribution in [3.05, 3.63) is 59.2 Å². The number of carbonyl (C=O) groups excluding carboxylic acids is 1. The summed E-state index contributed by atoms with van der Waals surface area (Å²) in [5, 5.41) is 10.8. The number of nitrogens with zero attached hydrogens (tertiary/aromatic N) is 1. The zero-order chi connectivity index (χ0) is 15.7. The average Bonchev–Trinajstić information content (AvgIpc) is 3.14. The van der Waals surface area contributed by atoms with Crippen molar-refractivity contribution in [2.75, 3.05) is 13.1 Å². The molecule has 1 amide bonds. The number of hydrogen-bond donors (Lipinski definition) is 2. The molecule has 0 saturated carbocycles. The van der Waals surface area contributed by atoms with Crippen molar-refractivity contribution in [3.63, 3.8) is 0 Å². The average molecular weight is 302 g/mol. The molecule has 0 spiro atoms. The third-order valence-corrected chi connectivity index (χ3v) is 4.33. The smallest absolute Gasteiger partial charge is 0.255 e. The molecule has 1 aromatic carbocycles. The minimum absolute atomic E-state index is 0.0730. The normalized spacial score (nSPS) is 21.3. The van der Waals surface area contributed by atoms with E-state index < -0.39 is 5.60 Å². The van der Waals surface area contributed by atoms with Gasteiger partial charge in [0.1, 0.15) is 11.4 Å². The van der Waals surface area contributed by atoms with E-state index in [0.717, 1.165) is 12.1 Å². The summed E-state index contributed by atoms with van der Waals surface area (Å²) in [6.45, 7) is 2.70. The van der Waals surface area contributed by atoms with Crippen molar-refractivity contribution >= 4 is 5.91 Å². The van der Waals surface area contributed by atoms with Crippen LogP contribution in [-0.2, 0) is 12.0 Å². The summed E-state index contributed by atoms with van der Waals surface area (Å²) in [7, 11) is 0. The molecule has 1 aliphatic heterocycles. The van der Waals surface area contributed by atoms with Gasteiger partial charge in [-0.1, -0.05) is 19.1 Å². The molecular formula is C17H19FN2O2. The maximum Gasteiger partial charge on any atom is 0.255 e. The Balaban J connectivity index is 1.79. The van der Waals surface area contributed by atoms with Gasteiger partial charge in [0, 0.05) is 18.4 Å². The maximum atomic E-state index is 13.0. The Morgan fingerprint density at radius 2 is 2.09 bits per heavy atom. The molecule has 0 bridgehead atoms. The Hall–Kier alpha value is -2.14. The van der Waals surface area contributed by atoms with Gasteiger partial charge in [-0.05, 0) is 36.6 Å². The number of rotatable bonds is 3. The predicted octanol–water partition coefficient (Wildman–Crippen LogP) is 2.45. The van der Waals surface area contributed by atoms with E-state index in [1.54, 1.807) is 29.3 Å². The Morgan fingerprint density at radius 1 is 1.36 bits per heavy atom. The van der Waals surface area contributed by atoms with Crippen molar-refractivity contribution < 1.29 is 14.3 Å². The molecule has 5 heteroatoms. The zero-order valence-corrected chi connectivity index (χ0v) is 12.5. The number of hydrogen-bond acceptors (Lipinski definition) is 2. The summed E-state index contributed by atoms with van der Waals surface area (Å²) < 4.78 is 13.0. The molecule has 0 radical (unpaired) electrons. The molecule has 1 unspecified atom stereocenters. The van der Waals surface area contributed by atoms with Gasteiger partial charge in [0.05, 0.1) is 12.1 Å². The summed E-state index contributed by atoms with van der Waals surface area (Å²) in [5.41, 5.74) is 1.11. The molecule has 3 rings (SSSR count). The minimum atomic E-state index is -1.11. The van der Waals surface area contributed by atoms with Crippen LogP contribution in [0.15, 0.2) is 36.5 Å². The van der Waals surface area contributed by atoms with E-state index in [2.05, 4.69) is 4.98 Å². The first kappa shape index (κ1) is 14.8. The minimum Gasteiger partial charge on any atom is -0.383 e. The van der Waals surface area contributed by atoms with Crippen LogP contribution in [0.5, 0.6) is 0 Å². The number of likely N-dealkylation sites (tertiary alicyclic amines) is 1. The molecule has 116 valence electrons. The number of H-pyrrole nitrogens is 1. The lowest BCUT2D eigenvalue weighted by atomic mass is 9.93. The second-order valence-corrected chi connectivity index (χ2v) is 5.74. The number of halogens is 1. The molecule has 0 aliphatic carbocycles. The quantitative estimate of drug-likeness (QED) is 0.915. The summed E-state index contributed by atoms with van der Waals surface area (Å²) in [6, 6.07) is 7.60. The number of carbonyl (C=O) groups is 1. The van der Waals surface area contributed by atoms with Gasteiger partial charge in [0.2, 0.25) is 0 Å². The van der Waals surface area contributed by atoms with Crippen molar-refractivity contribution in [3.8, 4) is 0 Å². The molecule has 2 heterocycles. The molecule has 22 heavy (non-hydrogen) atoms. The maximum absolute atomic E-state index is 13.0. The van der Waals surface area contributed by atoms with Gasteiger partial charge < -0.3 is 15.0 Å². The topological polar surface area (TPSA) is 56.3 Å². The fraction of sp³-hybridized carbons (Fsp3) is 0.353. The van der Waals surface area contributed by atoms with Gasteiger partial charge in [-0.2, -0.15) is 0 Å². The molecule has 2 aromatic rings. The van der Waals surface area contributed by atoms with Crippen LogP contribution in [0.4, 0.5) is 4.39 Å². The number of aromatic amines is 1. The van der Waals surface area contributed by atoms with Crippen LogP contribution in [0.1, 0.15) is 35.0 Å². The largest absolute Gasteiger partial charge is 0.383 e. The second kappa shape index (κ2) is 5.57. The van der Waals surface area contributed by atoms with E-state index in [4.69, 9.17) is 0 Å². The van der Waals surface area contributed by atoms with Crippen molar-refractivity contribution in [2.45, 2.75) is 25.4 Å². The highest BCUT2D eigenvalue weighted by Crippen LogP contribution is 2.33. The Kier molecular flexibility index (Phi) is 3.74. The number of aryl methyl sites for hydroxylation is 1. The molecule has 1 aliphatic rings. The van der Waals surface area contributed by atoms with E-state index in [1.165, 1.54) is 12.1 Å². The molecule has 2 N–H and O–H groups in total. The van der Waals surface area contributed by atoms with Gasteiger partial charge >= 0.3 is 0 Å². The molecule has 1 atom stereocenters. The van der Waals surface area contributed by atoms with Crippen LogP contribution < -0.4 is 0 Å². The summed E-state index contributed by atoms with van der Waals surface area (Å²) in [6.07, 6.45) is 2.97. The van der Waals surface area contributed by atoms with Crippen LogP contribution >= 0.6 is 0 Å². The van der Waals surface area contributed by atoms with Crippen molar-refractivity contribution in [1.82, 2.24) is 9.88 Å². The monoisotopic (exact) mass is 302 g/mol. The lowest BCUT2D eigenvalue weighted by Crippen LogP contribution is -2.34. The van der Waals surface area contributed by atoms with Gasteiger partial charge in [-0.15, -0.1) is 0 Å². The lowest BCUT2D eigenvalue weighted by molar-refractivity contribution is 0.0416. The lowest BCUT2D eigenvalue weighted by Gasteiger charge is -2.24. The number of nitrogens with one attached hydrogen (secondary N) is 1. The first-order chi connectivity index (χ1) is 10.5. The number of aliphatic hydroxyl groups is 1. The Morgan fingerprint density at radius 3 is 2.77 bits per heavy atom. The van der Waals surface area contributed by atoms with Crippen LogP contribution in [-0.4, -0.2) is 34.0 Å². The van der Waals surface area contributed by atoms with E-state index in [-0.39, 0.29) is 18.3 Å². The third-order valence-electron chi connectivity index (χ3n) is 4.33. The zero-order valence-electron chi connectivity index (χ0n) is 12.5. The van der Waals surface area contributed by atoms with Crippen molar-refractivity contribution in [2.24, 2.45) is 0 Å². The van der Waals surface area contributed by atoms with Crippen molar-refractivity contribution in [1.29, 1.82) is 0 Å². The fourth-order valence-corrected chi connectivity index (χ4v) is 3.03. The molecule has 1 fully saturated rings. The van der Waals surface area contributed by atoms with Crippen LogP contribution in [0.25, 0.3) is 0 Å². The van der Waals surface area contributed by atoms with Crippen LogP contribution in [0.2, 0.25) is 0 Å². The van der Waals surface area contributed by atoms with E-state index in [0.29, 0.717) is 24.1 Å². The fourth-order valence-electron chi connectivity index (χ4n) is 3.03. The SMILES string of the molecule is CCc1[nH]ccc1C(=O)N1CCC(O)(c2ccc(F)cc2)C1. The predicted molar refractivity (Wildman–Crippen MR) is 81.0 cm³/mol. The van der Waals surface area contributed by atoms with E-state index in [9.17, 15) is 14.3 Å². The van der Waals surface area contributed by atoms with Crippen LogP contribution in [0, 0.1) is 5.82 Å². The molecule has 1 aromatic heterocycles. The highest BCUT2D eigenvalue weighted by Gasteiger charge is 2.40. The summed E-state index contributed by atoms with van der Waals surface area (Å²) in [5.74, 6) is -0.408. The highest BCUT2D eigenvalue weighted by molar-refractivity contribution is 5.95. The second-order valence-electron chi connectivity index (χ2n) is 5.74. The summed E-state index contributed by atoms with van der Waals surface area (Å²) >= 11 is 0. The van der Waals surface area contributed by atoms with Crippen LogP contribution in [0.3, 0.4) is 0 Å². The van der Waals surface area contributed by atoms with Gasteiger partial charge in [0.15, 0.2) is 0 Å². The number of amides is 1. The van der Waals surface area contributed by atoms with Gasteiger partial charge in [-0.25, -0.2) is 4.39 Å². The standard InChI is InChI=1S/C17H19FN2O2/c1-2-15-14(7-9-19-15)16(21)20-10-8-17(22,11-20)12-3-5-13(18)6-4-12/h3-7,9,19,22H,2,8,10-11H2,1H3.